The number of fused-ring (bicyclic) bond motifs is 1. The summed E-state index contributed by atoms with van der Waals surface area (Å²) in [5.41, 5.74) is -2.37. The van der Waals surface area contributed by atoms with Crippen LogP contribution in [0.1, 0.15) is 43.7 Å². The Morgan fingerprint density at radius 3 is 2.58 bits per heavy atom. The van der Waals surface area contributed by atoms with Gasteiger partial charge in [-0.2, -0.15) is 13.2 Å². The summed E-state index contributed by atoms with van der Waals surface area (Å²) in [6, 6.07) is 3.10. The molecule has 1 aromatic carbocycles. The number of aromatic hydroxyl groups is 1. The minimum atomic E-state index is -4.71. The number of methoxy groups -OCH3 is 1. The molecule has 0 spiro atoms. The first kappa shape index (κ1) is 26.9. The minimum absolute atomic E-state index is 0.00978. The van der Waals surface area contributed by atoms with E-state index in [9.17, 15) is 32.7 Å². The summed E-state index contributed by atoms with van der Waals surface area (Å²) in [6.45, 7) is 2.30. The Morgan fingerprint density at radius 2 is 1.92 bits per heavy atom. The van der Waals surface area contributed by atoms with Gasteiger partial charge in [-0.25, -0.2) is 9.59 Å². The van der Waals surface area contributed by atoms with Gasteiger partial charge in [0.2, 0.25) is 5.88 Å². The molecule has 2 aromatic heterocycles. The van der Waals surface area contributed by atoms with E-state index in [1.807, 2.05) is 6.92 Å². The number of nitrogens with zero attached hydrogens (tertiary/aromatic N) is 2. The normalized spacial score (nSPS) is 11.7. The van der Waals surface area contributed by atoms with Gasteiger partial charge in [-0.05, 0) is 31.4 Å². The monoisotopic (exact) mass is 512 g/mol. The lowest BCUT2D eigenvalue weighted by Gasteiger charge is -2.15. The van der Waals surface area contributed by atoms with Crippen LogP contribution < -0.4 is 16.1 Å². The number of hydrogen-bond donors (Lipinski definition) is 1. The van der Waals surface area contributed by atoms with Gasteiger partial charge in [-0.1, -0.05) is 13.3 Å². The number of aromatic nitrogens is 2. The van der Waals surface area contributed by atoms with Crippen molar-refractivity contribution >= 4 is 16.9 Å². The van der Waals surface area contributed by atoms with Crippen molar-refractivity contribution in [2.75, 3.05) is 13.7 Å². The average Bonchev–Trinajstić information content (AvgIpc) is 3.09. The maximum atomic E-state index is 13.4. The molecule has 0 saturated carbocycles. The lowest BCUT2D eigenvalue weighted by molar-refractivity contribution is -0.141. The van der Waals surface area contributed by atoms with Crippen molar-refractivity contribution in [1.29, 1.82) is 0 Å². The highest BCUT2D eigenvalue weighted by molar-refractivity contribution is 5.85. The van der Waals surface area contributed by atoms with E-state index in [4.69, 9.17) is 9.15 Å². The van der Waals surface area contributed by atoms with Crippen LogP contribution in [0.2, 0.25) is 0 Å². The van der Waals surface area contributed by atoms with Gasteiger partial charge in [-0.15, -0.1) is 0 Å². The van der Waals surface area contributed by atoms with Crippen LogP contribution in [0.5, 0.6) is 11.6 Å². The zero-order valence-electron chi connectivity index (χ0n) is 19.9. The SMILES string of the molecule is CCCc1c(OCCCCn2c(O)cn(CCC(=O)OC)c2=O)ccc2c(C(F)(F)F)cc(=O)oc12. The van der Waals surface area contributed by atoms with E-state index < -0.39 is 29.0 Å². The predicted molar refractivity (Wildman–Crippen MR) is 123 cm³/mol. The van der Waals surface area contributed by atoms with Crippen molar-refractivity contribution in [3.8, 4) is 11.6 Å². The number of ether oxygens (including phenoxy) is 2. The van der Waals surface area contributed by atoms with E-state index in [0.717, 1.165) is 0 Å². The molecule has 0 saturated heterocycles. The van der Waals surface area contributed by atoms with Gasteiger partial charge in [-0.3, -0.25) is 13.9 Å². The fourth-order valence-electron chi connectivity index (χ4n) is 3.88. The molecule has 0 atom stereocenters. The Labute approximate surface area is 203 Å². The van der Waals surface area contributed by atoms with E-state index in [1.54, 1.807) is 0 Å². The summed E-state index contributed by atoms with van der Waals surface area (Å²) >= 11 is 0. The molecule has 3 rings (SSSR count). The molecule has 0 fully saturated rings. The summed E-state index contributed by atoms with van der Waals surface area (Å²) in [7, 11) is 1.24. The van der Waals surface area contributed by atoms with Crippen LogP contribution in [0.3, 0.4) is 0 Å². The zero-order valence-corrected chi connectivity index (χ0v) is 19.9. The number of carbonyl (C=O) groups excluding carboxylic acids is 1. The molecular formula is C24H27F3N2O7. The van der Waals surface area contributed by atoms with Gasteiger partial charge in [0.15, 0.2) is 0 Å². The molecule has 0 radical (unpaired) electrons. The zero-order chi connectivity index (χ0) is 26.5. The van der Waals surface area contributed by atoms with Crippen molar-refractivity contribution in [1.82, 2.24) is 9.13 Å². The molecule has 9 nitrogen and oxygen atoms in total. The van der Waals surface area contributed by atoms with Crippen LogP contribution in [0.15, 0.2) is 38.4 Å². The second kappa shape index (κ2) is 11.4. The fraction of sp³-hybridized carbons (Fsp3) is 0.458. The third kappa shape index (κ3) is 6.10. The molecule has 12 heteroatoms. The first-order valence-electron chi connectivity index (χ1n) is 11.4. The lowest BCUT2D eigenvalue weighted by atomic mass is 10.0. The number of esters is 1. The van der Waals surface area contributed by atoms with Gasteiger partial charge in [0.25, 0.3) is 0 Å². The standard InChI is InChI=1S/C24H27F3N2O7/c1-3-6-16-18(8-7-15-17(24(25,26)27)13-21(32)36-22(15)16)35-12-5-4-10-29-19(30)14-28(23(29)33)11-9-20(31)34-2/h7-8,13-14,30H,3-6,9-12H2,1-2H3. The quantitative estimate of drug-likeness (QED) is 0.236. The summed E-state index contributed by atoms with van der Waals surface area (Å²) in [4.78, 5) is 35.5. The lowest BCUT2D eigenvalue weighted by Crippen LogP contribution is -2.25. The Bertz CT molecular complexity index is 1340. The van der Waals surface area contributed by atoms with Crippen molar-refractivity contribution in [3.63, 3.8) is 0 Å². The van der Waals surface area contributed by atoms with Crippen molar-refractivity contribution in [2.45, 2.75) is 58.3 Å². The summed E-state index contributed by atoms with van der Waals surface area (Å²) < 4.78 is 58.1. The maximum absolute atomic E-state index is 13.4. The van der Waals surface area contributed by atoms with Crippen molar-refractivity contribution in [3.05, 3.63) is 56.4 Å². The predicted octanol–water partition coefficient (Wildman–Crippen LogP) is 3.86. The van der Waals surface area contributed by atoms with Crippen LogP contribution in [-0.2, 0) is 35.2 Å². The van der Waals surface area contributed by atoms with Crippen molar-refractivity contribution < 1.29 is 37.0 Å². The molecule has 0 bridgehead atoms. The topological polar surface area (TPSA) is 113 Å². The molecule has 0 aliphatic heterocycles. The molecular weight excluding hydrogens is 485 g/mol. The van der Waals surface area contributed by atoms with E-state index in [2.05, 4.69) is 4.74 Å². The van der Waals surface area contributed by atoms with E-state index in [0.29, 0.717) is 43.1 Å². The number of alkyl halides is 3. The van der Waals surface area contributed by atoms with Gasteiger partial charge in [0, 0.05) is 30.1 Å². The molecule has 0 unspecified atom stereocenters. The number of hydrogen-bond acceptors (Lipinski definition) is 7. The fourth-order valence-corrected chi connectivity index (χ4v) is 3.88. The minimum Gasteiger partial charge on any atom is -0.493 e. The maximum Gasteiger partial charge on any atom is 0.417 e. The molecule has 0 aliphatic carbocycles. The Morgan fingerprint density at radius 1 is 1.17 bits per heavy atom. The first-order chi connectivity index (χ1) is 17.1. The van der Waals surface area contributed by atoms with Gasteiger partial charge < -0.3 is 19.0 Å². The van der Waals surface area contributed by atoms with Crippen LogP contribution in [0, 0.1) is 0 Å². The van der Waals surface area contributed by atoms with Crippen LogP contribution in [-0.4, -0.2) is 33.9 Å². The Balaban J connectivity index is 1.68. The van der Waals surface area contributed by atoms with Gasteiger partial charge >= 0.3 is 23.5 Å². The van der Waals surface area contributed by atoms with E-state index in [1.165, 1.54) is 34.6 Å². The highest BCUT2D eigenvalue weighted by atomic mass is 19.4. The Kier molecular flexibility index (Phi) is 8.49. The number of benzene rings is 1. The molecule has 0 aliphatic rings. The molecule has 1 N–H and O–H groups in total. The molecule has 3 aromatic rings. The largest absolute Gasteiger partial charge is 0.493 e. The third-order valence-electron chi connectivity index (χ3n) is 5.62. The van der Waals surface area contributed by atoms with Crippen LogP contribution in [0.4, 0.5) is 13.2 Å². The summed E-state index contributed by atoms with van der Waals surface area (Å²) in [5.74, 6) is -0.391. The van der Waals surface area contributed by atoms with Crippen molar-refractivity contribution in [2.24, 2.45) is 0 Å². The number of aryl methyl sites for hydroxylation is 2. The molecule has 196 valence electrons. The Hall–Kier alpha value is -3.70. The van der Waals surface area contributed by atoms with Gasteiger partial charge in [0.1, 0.15) is 11.3 Å². The summed E-state index contributed by atoms with van der Waals surface area (Å²) in [5, 5.41) is 9.84. The first-order valence-corrected chi connectivity index (χ1v) is 11.4. The second-order valence-electron chi connectivity index (χ2n) is 8.14. The van der Waals surface area contributed by atoms with Gasteiger partial charge in [0.05, 0.1) is 31.9 Å². The number of halogens is 3. The smallest absolute Gasteiger partial charge is 0.417 e. The molecule has 2 heterocycles. The molecule has 36 heavy (non-hydrogen) atoms. The van der Waals surface area contributed by atoms with E-state index in [-0.39, 0.29) is 43.0 Å². The highest BCUT2D eigenvalue weighted by Gasteiger charge is 2.34. The second-order valence-corrected chi connectivity index (χ2v) is 8.14. The number of unbranched alkanes of at least 4 members (excludes halogenated alkanes) is 1. The van der Waals surface area contributed by atoms with Crippen LogP contribution >= 0.6 is 0 Å². The third-order valence-corrected chi connectivity index (χ3v) is 5.62. The number of imidazole rings is 1. The van der Waals surface area contributed by atoms with Crippen LogP contribution in [0.25, 0.3) is 11.0 Å². The molecule has 0 amide bonds. The number of carbonyl (C=O) groups is 1. The highest BCUT2D eigenvalue weighted by Crippen LogP contribution is 2.37. The average molecular weight is 512 g/mol. The number of rotatable bonds is 11. The summed E-state index contributed by atoms with van der Waals surface area (Å²) in [6.07, 6.45) is -1.61. The van der Waals surface area contributed by atoms with E-state index >= 15 is 0 Å².